The van der Waals surface area contributed by atoms with E-state index in [9.17, 15) is 10.1 Å². The van der Waals surface area contributed by atoms with E-state index in [4.69, 9.17) is 0 Å². The Labute approximate surface area is 154 Å². The number of para-hydroxylation sites is 1. The number of halogens is 1. The number of carbonyl (C=O) groups is 1. The summed E-state index contributed by atoms with van der Waals surface area (Å²) in [4.78, 5) is 14.5. The maximum atomic E-state index is 12.8. The lowest BCUT2D eigenvalue weighted by atomic mass is 10.0. The molecule has 0 saturated carbocycles. The summed E-state index contributed by atoms with van der Waals surface area (Å²) in [5, 5.41) is 12.4. The van der Waals surface area contributed by atoms with Gasteiger partial charge in [0.15, 0.2) is 0 Å². The van der Waals surface area contributed by atoms with Gasteiger partial charge in [0.1, 0.15) is 11.6 Å². The largest absolute Gasteiger partial charge is 0.360 e. The molecule has 1 heterocycles. The summed E-state index contributed by atoms with van der Waals surface area (Å²) in [6, 6.07) is 17.6. The summed E-state index contributed by atoms with van der Waals surface area (Å²) in [6.07, 6.45) is 3.36. The minimum atomic E-state index is -0.261. The Kier molecular flexibility index (Phi) is 5.16. The van der Waals surface area contributed by atoms with E-state index in [1.807, 2.05) is 54.6 Å². The maximum absolute atomic E-state index is 12.8. The van der Waals surface area contributed by atoms with Crippen molar-refractivity contribution in [1.82, 2.24) is 0 Å². The summed E-state index contributed by atoms with van der Waals surface area (Å²) >= 11 is 2.23. The van der Waals surface area contributed by atoms with E-state index in [1.54, 1.807) is 4.90 Å². The molecule has 0 unspecified atom stereocenters. The smallest absolute Gasteiger partial charge is 0.270 e. The van der Waals surface area contributed by atoms with E-state index in [1.165, 1.54) is 6.20 Å². The Balaban J connectivity index is 1.81. The lowest BCUT2D eigenvalue weighted by Gasteiger charge is -2.29. The SMILES string of the molecule is N#C/C(=C/Nc1ccc(I)cc1)C(=O)N1CCCc2ccccc21. The summed E-state index contributed by atoms with van der Waals surface area (Å²) in [5.74, 6) is -0.261. The van der Waals surface area contributed by atoms with Crippen LogP contribution in [0.4, 0.5) is 11.4 Å². The Bertz CT molecular complexity index is 821. The number of carbonyl (C=O) groups excluding carboxylic acids is 1. The topological polar surface area (TPSA) is 56.1 Å². The fraction of sp³-hybridized carbons (Fsp3) is 0.158. The molecule has 0 spiro atoms. The number of nitriles is 1. The Morgan fingerprint density at radius 2 is 1.96 bits per heavy atom. The fourth-order valence-corrected chi connectivity index (χ4v) is 3.09. The second-order valence-electron chi connectivity index (χ2n) is 5.51. The minimum absolute atomic E-state index is 0.102. The van der Waals surface area contributed by atoms with Gasteiger partial charge in [-0.3, -0.25) is 4.79 Å². The molecule has 0 fully saturated rings. The highest BCUT2D eigenvalue weighted by atomic mass is 127. The van der Waals surface area contributed by atoms with E-state index < -0.39 is 0 Å². The van der Waals surface area contributed by atoms with Crippen molar-refractivity contribution in [3.8, 4) is 6.07 Å². The molecule has 0 aromatic heterocycles. The number of aryl methyl sites for hydroxylation is 1. The highest BCUT2D eigenvalue weighted by Gasteiger charge is 2.24. The minimum Gasteiger partial charge on any atom is -0.360 e. The third-order valence-corrected chi connectivity index (χ3v) is 4.65. The van der Waals surface area contributed by atoms with Crippen LogP contribution < -0.4 is 10.2 Å². The van der Waals surface area contributed by atoms with Gasteiger partial charge in [0.05, 0.1) is 0 Å². The molecule has 4 nitrogen and oxygen atoms in total. The van der Waals surface area contributed by atoms with Crippen molar-refractivity contribution in [1.29, 1.82) is 5.26 Å². The second-order valence-corrected chi connectivity index (χ2v) is 6.76. The zero-order chi connectivity index (χ0) is 16.9. The summed E-state index contributed by atoms with van der Waals surface area (Å²) in [7, 11) is 0. The quantitative estimate of drug-likeness (QED) is 0.455. The molecular formula is C19H16IN3O. The van der Waals surface area contributed by atoms with Crippen LogP contribution >= 0.6 is 22.6 Å². The number of fused-ring (bicyclic) bond motifs is 1. The van der Waals surface area contributed by atoms with Gasteiger partial charge < -0.3 is 10.2 Å². The molecule has 24 heavy (non-hydrogen) atoms. The number of nitrogens with zero attached hydrogens (tertiary/aromatic N) is 2. The Morgan fingerprint density at radius 1 is 1.21 bits per heavy atom. The summed E-state index contributed by atoms with van der Waals surface area (Å²) in [6.45, 7) is 0.637. The van der Waals surface area contributed by atoms with Crippen LogP contribution in [0, 0.1) is 14.9 Å². The Morgan fingerprint density at radius 3 is 2.71 bits per heavy atom. The van der Waals surface area contributed by atoms with E-state index in [-0.39, 0.29) is 11.5 Å². The molecule has 0 radical (unpaired) electrons. The highest BCUT2D eigenvalue weighted by molar-refractivity contribution is 14.1. The number of rotatable bonds is 3. The molecular weight excluding hydrogens is 413 g/mol. The first-order valence-corrected chi connectivity index (χ1v) is 8.79. The van der Waals surface area contributed by atoms with Crippen LogP contribution in [0.25, 0.3) is 0 Å². The first kappa shape index (κ1) is 16.5. The van der Waals surface area contributed by atoms with Gasteiger partial charge >= 0.3 is 0 Å². The molecule has 0 aliphatic carbocycles. The molecule has 5 heteroatoms. The van der Waals surface area contributed by atoms with E-state index in [2.05, 4.69) is 27.9 Å². The highest BCUT2D eigenvalue weighted by Crippen LogP contribution is 2.27. The molecule has 1 N–H and O–H groups in total. The van der Waals surface area contributed by atoms with Crippen LogP contribution in [0.15, 0.2) is 60.3 Å². The number of amides is 1. The van der Waals surface area contributed by atoms with E-state index >= 15 is 0 Å². The predicted octanol–water partition coefficient (Wildman–Crippen LogP) is 4.09. The summed E-state index contributed by atoms with van der Waals surface area (Å²) < 4.78 is 1.13. The van der Waals surface area contributed by atoms with Crippen molar-refractivity contribution in [3.05, 3.63) is 69.4 Å². The molecule has 1 amide bonds. The molecule has 1 aliphatic rings. The van der Waals surface area contributed by atoms with Gasteiger partial charge in [0, 0.05) is 27.7 Å². The van der Waals surface area contributed by atoms with Crippen LogP contribution in [0.5, 0.6) is 0 Å². The predicted molar refractivity (Wildman–Crippen MR) is 104 cm³/mol. The Hall–Kier alpha value is -2.33. The molecule has 1 aliphatic heterocycles. The van der Waals surface area contributed by atoms with Gasteiger partial charge in [0.2, 0.25) is 0 Å². The van der Waals surface area contributed by atoms with Gasteiger partial charge in [-0.1, -0.05) is 18.2 Å². The first-order valence-electron chi connectivity index (χ1n) is 7.71. The summed E-state index contributed by atoms with van der Waals surface area (Å²) in [5.41, 5.74) is 3.00. The van der Waals surface area contributed by atoms with Crippen LogP contribution in [0.3, 0.4) is 0 Å². The fourth-order valence-electron chi connectivity index (χ4n) is 2.73. The lowest BCUT2D eigenvalue weighted by Crippen LogP contribution is -2.36. The van der Waals surface area contributed by atoms with Crippen LogP contribution in [-0.2, 0) is 11.2 Å². The molecule has 2 aromatic carbocycles. The van der Waals surface area contributed by atoms with Crippen molar-refractivity contribution >= 4 is 39.9 Å². The second kappa shape index (κ2) is 7.49. The average Bonchev–Trinajstić information content (AvgIpc) is 2.63. The van der Waals surface area contributed by atoms with Crippen LogP contribution in [-0.4, -0.2) is 12.5 Å². The molecule has 0 saturated heterocycles. The van der Waals surface area contributed by atoms with Crippen LogP contribution in [0.1, 0.15) is 12.0 Å². The molecule has 2 aromatic rings. The maximum Gasteiger partial charge on any atom is 0.270 e. The van der Waals surface area contributed by atoms with Gasteiger partial charge in [0.25, 0.3) is 5.91 Å². The van der Waals surface area contributed by atoms with Crippen molar-refractivity contribution in [2.24, 2.45) is 0 Å². The zero-order valence-corrected chi connectivity index (χ0v) is 15.2. The molecule has 0 bridgehead atoms. The van der Waals surface area contributed by atoms with E-state index in [0.29, 0.717) is 6.54 Å². The number of benzene rings is 2. The van der Waals surface area contributed by atoms with Gasteiger partial charge in [-0.2, -0.15) is 5.26 Å². The van der Waals surface area contributed by atoms with Crippen molar-refractivity contribution in [2.45, 2.75) is 12.8 Å². The lowest BCUT2D eigenvalue weighted by molar-refractivity contribution is -0.114. The van der Waals surface area contributed by atoms with Crippen molar-refractivity contribution in [3.63, 3.8) is 0 Å². The first-order chi connectivity index (χ1) is 11.7. The molecule has 3 rings (SSSR count). The monoisotopic (exact) mass is 429 g/mol. The molecule has 120 valence electrons. The normalized spacial score (nSPS) is 13.8. The number of hydrogen-bond donors (Lipinski definition) is 1. The number of nitrogens with one attached hydrogen (secondary N) is 1. The van der Waals surface area contributed by atoms with E-state index in [0.717, 1.165) is 33.4 Å². The molecule has 0 atom stereocenters. The van der Waals surface area contributed by atoms with Crippen molar-refractivity contribution in [2.75, 3.05) is 16.8 Å². The van der Waals surface area contributed by atoms with Gasteiger partial charge in [-0.15, -0.1) is 0 Å². The zero-order valence-electron chi connectivity index (χ0n) is 13.0. The average molecular weight is 429 g/mol. The third-order valence-electron chi connectivity index (χ3n) is 3.93. The number of anilines is 2. The standard InChI is InChI=1S/C19H16IN3O/c20-16-7-9-17(10-8-16)22-13-15(12-21)19(24)23-11-3-5-14-4-1-2-6-18(14)23/h1-2,4,6-10,13,22H,3,5,11H2/b15-13-. The van der Waals surface area contributed by atoms with Crippen molar-refractivity contribution < 1.29 is 4.79 Å². The van der Waals surface area contributed by atoms with Gasteiger partial charge in [-0.05, 0) is 71.3 Å². The van der Waals surface area contributed by atoms with Crippen LogP contribution in [0.2, 0.25) is 0 Å². The third kappa shape index (κ3) is 3.60. The van der Waals surface area contributed by atoms with Gasteiger partial charge in [-0.25, -0.2) is 0 Å². The number of hydrogen-bond acceptors (Lipinski definition) is 3.